The number of aryl methyl sites for hydroxylation is 1. The summed E-state index contributed by atoms with van der Waals surface area (Å²) in [6.07, 6.45) is 0.971. The van der Waals surface area contributed by atoms with E-state index in [0.717, 1.165) is 34.1 Å². The number of carbonyl (C=O) groups excluding carboxylic acids is 2. The van der Waals surface area contributed by atoms with Gasteiger partial charge < -0.3 is 5.32 Å². The van der Waals surface area contributed by atoms with Crippen molar-refractivity contribution >= 4 is 45.7 Å². The van der Waals surface area contributed by atoms with E-state index in [-0.39, 0.29) is 17.2 Å². The minimum atomic E-state index is -0.136. The highest BCUT2D eigenvalue weighted by Gasteiger charge is 2.34. The average Bonchev–Trinajstić information content (AvgIpc) is 3.25. The summed E-state index contributed by atoms with van der Waals surface area (Å²) in [7, 11) is 0. The van der Waals surface area contributed by atoms with Crippen LogP contribution >= 0.6 is 11.8 Å². The van der Waals surface area contributed by atoms with E-state index in [1.165, 1.54) is 5.56 Å². The molecule has 0 bridgehead atoms. The van der Waals surface area contributed by atoms with Crippen molar-refractivity contribution in [2.75, 3.05) is 16.0 Å². The van der Waals surface area contributed by atoms with Crippen molar-refractivity contribution < 1.29 is 9.59 Å². The lowest BCUT2D eigenvalue weighted by molar-refractivity contribution is -0.115. The van der Waals surface area contributed by atoms with Crippen molar-refractivity contribution in [3.05, 3.63) is 108 Å². The Morgan fingerprint density at radius 3 is 2.42 bits per heavy atom. The van der Waals surface area contributed by atoms with Gasteiger partial charge in [-0.1, -0.05) is 67.6 Å². The summed E-state index contributed by atoms with van der Waals surface area (Å²) in [5.74, 6) is 0.435. The normalized spacial score (nSPS) is 15.7. The number of thioether (sulfide) groups is 1. The van der Waals surface area contributed by atoms with E-state index >= 15 is 0 Å². The van der Waals surface area contributed by atoms with Gasteiger partial charge in [0, 0.05) is 16.9 Å². The van der Waals surface area contributed by atoms with Crippen LogP contribution in [0.1, 0.15) is 33.8 Å². The molecule has 4 nitrogen and oxygen atoms in total. The summed E-state index contributed by atoms with van der Waals surface area (Å²) in [5.41, 5.74) is 4.58. The lowest BCUT2D eigenvalue weighted by atomic mass is 10.0. The Hall–Kier alpha value is -3.57. The fourth-order valence-electron chi connectivity index (χ4n) is 4.19. The second-order valence-electron chi connectivity index (χ2n) is 8.05. The Morgan fingerprint density at radius 2 is 1.67 bits per heavy atom. The first-order valence-corrected chi connectivity index (χ1v) is 12.1. The third kappa shape index (κ3) is 4.24. The maximum atomic E-state index is 12.9. The predicted octanol–water partition coefficient (Wildman–Crippen LogP) is 6.43. The minimum Gasteiger partial charge on any atom is -0.322 e. The average molecular weight is 453 g/mol. The van der Waals surface area contributed by atoms with Crippen LogP contribution in [0.4, 0.5) is 11.4 Å². The number of hydrogen-bond donors (Lipinski definition) is 1. The van der Waals surface area contributed by atoms with E-state index in [9.17, 15) is 9.59 Å². The lowest BCUT2D eigenvalue weighted by Crippen LogP contribution is -2.27. The van der Waals surface area contributed by atoms with E-state index < -0.39 is 0 Å². The van der Waals surface area contributed by atoms with Gasteiger partial charge >= 0.3 is 0 Å². The summed E-state index contributed by atoms with van der Waals surface area (Å²) in [6, 6.07) is 29.6. The molecule has 33 heavy (non-hydrogen) atoms. The molecule has 2 amide bonds. The Morgan fingerprint density at radius 1 is 0.939 bits per heavy atom. The van der Waals surface area contributed by atoms with E-state index in [1.54, 1.807) is 11.8 Å². The van der Waals surface area contributed by atoms with Crippen LogP contribution in [0.15, 0.2) is 91.0 Å². The molecule has 5 heteroatoms. The molecule has 4 aromatic rings. The first kappa shape index (κ1) is 21.3. The van der Waals surface area contributed by atoms with Crippen molar-refractivity contribution in [2.24, 2.45) is 0 Å². The number of anilines is 2. The van der Waals surface area contributed by atoms with Gasteiger partial charge in [-0.3, -0.25) is 14.5 Å². The van der Waals surface area contributed by atoms with Crippen LogP contribution < -0.4 is 10.2 Å². The number of rotatable bonds is 5. The van der Waals surface area contributed by atoms with Gasteiger partial charge in [0.2, 0.25) is 5.91 Å². The third-order valence-electron chi connectivity index (χ3n) is 5.98. The minimum absolute atomic E-state index is 0.0761. The van der Waals surface area contributed by atoms with E-state index in [0.29, 0.717) is 11.3 Å². The molecular formula is C28H24N2O2S. The molecule has 0 aromatic heterocycles. The van der Waals surface area contributed by atoms with E-state index in [2.05, 4.69) is 24.4 Å². The summed E-state index contributed by atoms with van der Waals surface area (Å²) >= 11 is 1.62. The zero-order valence-electron chi connectivity index (χ0n) is 18.3. The van der Waals surface area contributed by atoms with Crippen LogP contribution in [0.3, 0.4) is 0 Å². The van der Waals surface area contributed by atoms with E-state index in [4.69, 9.17) is 0 Å². The highest BCUT2D eigenvalue weighted by molar-refractivity contribution is 8.00. The summed E-state index contributed by atoms with van der Waals surface area (Å²) in [6.45, 7) is 2.12. The molecule has 1 heterocycles. The van der Waals surface area contributed by atoms with Crippen LogP contribution in [0, 0.1) is 0 Å². The number of fused-ring (bicyclic) bond motifs is 1. The van der Waals surface area contributed by atoms with Gasteiger partial charge in [-0.15, -0.1) is 11.8 Å². The SMILES string of the molecule is CCc1ccc(N2C(=O)CSC2c2ccc(NC(=O)c3cccc4ccccc34)cc2)cc1. The second-order valence-corrected chi connectivity index (χ2v) is 9.12. The van der Waals surface area contributed by atoms with Gasteiger partial charge in [-0.2, -0.15) is 0 Å². The monoisotopic (exact) mass is 452 g/mol. The van der Waals surface area contributed by atoms with Gasteiger partial charge in [-0.05, 0) is 58.7 Å². The molecule has 0 saturated carbocycles. The molecule has 4 aromatic carbocycles. The molecule has 1 aliphatic rings. The highest BCUT2D eigenvalue weighted by atomic mass is 32.2. The molecular weight excluding hydrogens is 428 g/mol. The Balaban J connectivity index is 1.35. The van der Waals surface area contributed by atoms with Gasteiger partial charge in [0.15, 0.2) is 0 Å². The Kier molecular flexibility index (Phi) is 5.88. The first-order chi connectivity index (χ1) is 16.1. The van der Waals surface area contributed by atoms with Crippen molar-refractivity contribution in [1.29, 1.82) is 0 Å². The standard InChI is InChI=1S/C28H24N2O2S/c1-2-19-10-16-23(17-11-19)30-26(31)18-33-28(30)21-12-14-22(15-13-21)29-27(32)25-9-5-7-20-6-3-4-8-24(20)25/h3-17,28H,2,18H2,1H3,(H,29,32). The molecule has 0 spiro atoms. The molecule has 0 radical (unpaired) electrons. The number of amides is 2. The van der Waals surface area contributed by atoms with Crippen LogP contribution in [0.25, 0.3) is 10.8 Å². The van der Waals surface area contributed by atoms with Crippen LogP contribution in [0.2, 0.25) is 0 Å². The van der Waals surface area contributed by atoms with Crippen LogP contribution in [-0.2, 0) is 11.2 Å². The highest BCUT2D eigenvalue weighted by Crippen LogP contribution is 2.42. The van der Waals surface area contributed by atoms with Crippen molar-refractivity contribution in [1.82, 2.24) is 0 Å². The molecule has 164 valence electrons. The second kappa shape index (κ2) is 9.12. The number of benzene rings is 4. The van der Waals surface area contributed by atoms with Gasteiger partial charge in [0.25, 0.3) is 5.91 Å². The molecule has 5 rings (SSSR count). The largest absolute Gasteiger partial charge is 0.322 e. The lowest BCUT2D eigenvalue weighted by Gasteiger charge is -2.24. The number of carbonyl (C=O) groups is 2. The first-order valence-electron chi connectivity index (χ1n) is 11.1. The topological polar surface area (TPSA) is 49.4 Å². The molecule has 0 aliphatic carbocycles. The zero-order chi connectivity index (χ0) is 22.8. The summed E-state index contributed by atoms with van der Waals surface area (Å²) in [5, 5.41) is 4.90. The molecule has 1 N–H and O–H groups in total. The maximum Gasteiger partial charge on any atom is 0.256 e. The molecule has 1 atom stereocenters. The number of nitrogens with one attached hydrogen (secondary N) is 1. The smallest absolute Gasteiger partial charge is 0.256 e. The van der Waals surface area contributed by atoms with Crippen molar-refractivity contribution in [2.45, 2.75) is 18.7 Å². The summed E-state index contributed by atoms with van der Waals surface area (Å²) < 4.78 is 0. The maximum absolute atomic E-state index is 12.9. The fourth-order valence-corrected chi connectivity index (χ4v) is 5.37. The molecule has 1 fully saturated rings. The fraction of sp³-hybridized carbons (Fsp3) is 0.143. The quantitative estimate of drug-likeness (QED) is 0.379. The number of nitrogens with zero attached hydrogens (tertiary/aromatic N) is 1. The zero-order valence-corrected chi connectivity index (χ0v) is 19.1. The van der Waals surface area contributed by atoms with Gasteiger partial charge in [-0.25, -0.2) is 0 Å². The summed E-state index contributed by atoms with van der Waals surface area (Å²) in [4.78, 5) is 27.4. The third-order valence-corrected chi connectivity index (χ3v) is 7.19. The molecule has 1 aliphatic heterocycles. The van der Waals surface area contributed by atoms with Crippen LogP contribution in [-0.4, -0.2) is 17.6 Å². The van der Waals surface area contributed by atoms with Gasteiger partial charge in [0.1, 0.15) is 5.37 Å². The van der Waals surface area contributed by atoms with Crippen molar-refractivity contribution in [3.63, 3.8) is 0 Å². The predicted molar refractivity (Wildman–Crippen MR) is 137 cm³/mol. The van der Waals surface area contributed by atoms with Crippen LogP contribution in [0.5, 0.6) is 0 Å². The Bertz CT molecular complexity index is 1310. The van der Waals surface area contributed by atoms with Crippen molar-refractivity contribution in [3.8, 4) is 0 Å². The molecule has 1 unspecified atom stereocenters. The Labute approximate surface area is 197 Å². The van der Waals surface area contributed by atoms with Gasteiger partial charge in [0.05, 0.1) is 5.75 Å². The molecule has 1 saturated heterocycles. The number of hydrogen-bond acceptors (Lipinski definition) is 3. The van der Waals surface area contributed by atoms with E-state index in [1.807, 2.05) is 83.8 Å².